The Labute approximate surface area is 121 Å². The van der Waals surface area contributed by atoms with Crippen LogP contribution in [0.3, 0.4) is 0 Å². The Hall–Kier alpha value is -2.74. The molecule has 0 saturated carbocycles. The third kappa shape index (κ3) is 1.96. The quantitative estimate of drug-likeness (QED) is 0.435. The van der Waals surface area contributed by atoms with Gasteiger partial charge in [-0.05, 0) is 46.5 Å². The Morgan fingerprint density at radius 1 is 0.667 bits per heavy atom. The summed E-state index contributed by atoms with van der Waals surface area (Å²) in [7, 11) is 0. The number of fused-ring (bicyclic) bond motifs is 3. The second-order valence-corrected chi connectivity index (χ2v) is 5.05. The molecule has 0 aliphatic heterocycles. The molecule has 2 heteroatoms. The summed E-state index contributed by atoms with van der Waals surface area (Å²) in [5.74, 6) is -0.232. The van der Waals surface area contributed by atoms with Crippen LogP contribution in [-0.2, 0) is 0 Å². The maximum absolute atomic E-state index is 13.1. The lowest BCUT2D eigenvalue weighted by atomic mass is 9.99. The van der Waals surface area contributed by atoms with E-state index in [9.17, 15) is 4.39 Å². The minimum Gasteiger partial charge on any atom is -0.256 e. The van der Waals surface area contributed by atoms with E-state index in [4.69, 9.17) is 0 Å². The van der Waals surface area contributed by atoms with Gasteiger partial charge in [0.1, 0.15) is 5.82 Å². The largest absolute Gasteiger partial charge is 0.256 e. The lowest BCUT2D eigenvalue weighted by Crippen LogP contribution is -1.87. The maximum Gasteiger partial charge on any atom is 0.123 e. The number of benzene rings is 3. The Morgan fingerprint density at radius 3 is 2.33 bits per heavy atom. The van der Waals surface area contributed by atoms with Crippen molar-refractivity contribution in [3.05, 3.63) is 78.7 Å². The number of rotatable bonds is 1. The summed E-state index contributed by atoms with van der Waals surface area (Å²) >= 11 is 0. The molecular formula is C19H12FN. The second-order valence-electron chi connectivity index (χ2n) is 5.05. The molecule has 1 aromatic heterocycles. The lowest BCUT2D eigenvalue weighted by molar-refractivity contribution is 0.628. The molecule has 0 N–H and O–H groups in total. The molecule has 0 fully saturated rings. The SMILES string of the molecule is Fc1ccc(-c2nccc3c2ccc2ccccc23)cc1. The predicted molar refractivity (Wildman–Crippen MR) is 84.6 cm³/mol. The van der Waals surface area contributed by atoms with Gasteiger partial charge in [-0.2, -0.15) is 0 Å². The number of pyridine rings is 1. The predicted octanol–water partition coefficient (Wildman–Crippen LogP) is 5.19. The molecule has 4 aromatic rings. The highest BCUT2D eigenvalue weighted by atomic mass is 19.1. The van der Waals surface area contributed by atoms with E-state index >= 15 is 0 Å². The van der Waals surface area contributed by atoms with E-state index < -0.39 is 0 Å². The fourth-order valence-corrected chi connectivity index (χ4v) is 2.78. The molecule has 21 heavy (non-hydrogen) atoms. The van der Waals surface area contributed by atoms with E-state index in [0.29, 0.717) is 0 Å². The molecule has 1 nitrogen and oxygen atoms in total. The van der Waals surface area contributed by atoms with E-state index in [-0.39, 0.29) is 5.82 Å². The van der Waals surface area contributed by atoms with Crippen molar-refractivity contribution in [1.29, 1.82) is 0 Å². The van der Waals surface area contributed by atoms with Crippen LogP contribution in [0.25, 0.3) is 32.8 Å². The Balaban J connectivity index is 2.06. The Morgan fingerprint density at radius 2 is 1.48 bits per heavy atom. The average molecular weight is 273 g/mol. The smallest absolute Gasteiger partial charge is 0.123 e. The molecule has 0 saturated heterocycles. The Kier molecular flexibility index (Phi) is 2.68. The van der Waals surface area contributed by atoms with Crippen molar-refractivity contribution in [3.8, 4) is 11.3 Å². The van der Waals surface area contributed by atoms with Crippen molar-refractivity contribution < 1.29 is 4.39 Å². The summed E-state index contributed by atoms with van der Waals surface area (Å²) in [5.41, 5.74) is 1.82. The van der Waals surface area contributed by atoms with Crippen LogP contribution in [-0.4, -0.2) is 4.98 Å². The first-order valence-corrected chi connectivity index (χ1v) is 6.85. The first-order valence-electron chi connectivity index (χ1n) is 6.85. The first-order chi connectivity index (χ1) is 10.3. The molecule has 0 aliphatic rings. The summed E-state index contributed by atoms with van der Waals surface area (Å²) in [6, 6.07) is 21.0. The zero-order valence-electron chi connectivity index (χ0n) is 11.3. The highest BCUT2D eigenvalue weighted by molar-refractivity contribution is 6.11. The third-order valence-electron chi connectivity index (χ3n) is 3.79. The number of aromatic nitrogens is 1. The normalized spacial score (nSPS) is 11.1. The van der Waals surface area contributed by atoms with Crippen molar-refractivity contribution in [2.75, 3.05) is 0 Å². The third-order valence-corrected chi connectivity index (χ3v) is 3.79. The van der Waals surface area contributed by atoms with Gasteiger partial charge < -0.3 is 0 Å². The van der Waals surface area contributed by atoms with Crippen LogP contribution in [0, 0.1) is 5.82 Å². The molecule has 1 heterocycles. The first kappa shape index (κ1) is 12.0. The molecule has 0 bridgehead atoms. The molecule has 4 rings (SSSR count). The van der Waals surface area contributed by atoms with Gasteiger partial charge in [-0.1, -0.05) is 36.4 Å². The Bertz CT molecular complexity index is 942. The molecule has 3 aromatic carbocycles. The van der Waals surface area contributed by atoms with Gasteiger partial charge in [0.15, 0.2) is 0 Å². The van der Waals surface area contributed by atoms with Crippen molar-refractivity contribution in [3.63, 3.8) is 0 Å². The van der Waals surface area contributed by atoms with Gasteiger partial charge in [-0.25, -0.2) is 4.39 Å². The number of hydrogen-bond donors (Lipinski definition) is 0. The van der Waals surface area contributed by atoms with Crippen LogP contribution in [0.1, 0.15) is 0 Å². The van der Waals surface area contributed by atoms with Crippen LogP contribution in [0.4, 0.5) is 4.39 Å². The van der Waals surface area contributed by atoms with Gasteiger partial charge in [0.05, 0.1) is 5.69 Å². The van der Waals surface area contributed by atoms with Crippen molar-refractivity contribution in [2.45, 2.75) is 0 Å². The molecule has 0 amide bonds. The second kappa shape index (κ2) is 4.67. The highest BCUT2D eigenvalue weighted by Crippen LogP contribution is 2.31. The highest BCUT2D eigenvalue weighted by Gasteiger charge is 2.07. The molecule has 0 aliphatic carbocycles. The van der Waals surface area contributed by atoms with Gasteiger partial charge in [0.2, 0.25) is 0 Å². The van der Waals surface area contributed by atoms with Crippen LogP contribution >= 0.6 is 0 Å². The summed E-state index contributed by atoms with van der Waals surface area (Å²) in [4.78, 5) is 4.49. The molecular weight excluding hydrogens is 261 g/mol. The fourth-order valence-electron chi connectivity index (χ4n) is 2.78. The fraction of sp³-hybridized carbons (Fsp3) is 0. The zero-order valence-corrected chi connectivity index (χ0v) is 11.3. The maximum atomic E-state index is 13.1. The molecule has 0 spiro atoms. The zero-order chi connectivity index (χ0) is 14.2. The van der Waals surface area contributed by atoms with Crippen LogP contribution < -0.4 is 0 Å². The number of hydrogen-bond acceptors (Lipinski definition) is 1. The van der Waals surface area contributed by atoms with Gasteiger partial charge >= 0.3 is 0 Å². The average Bonchev–Trinajstić information content (AvgIpc) is 2.55. The minimum atomic E-state index is -0.232. The molecule has 0 radical (unpaired) electrons. The monoisotopic (exact) mass is 273 g/mol. The number of nitrogens with zero attached hydrogens (tertiary/aromatic N) is 1. The van der Waals surface area contributed by atoms with Crippen LogP contribution in [0.5, 0.6) is 0 Å². The number of halogens is 1. The minimum absolute atomic E-state index is 0.232. The van der Waals surface area contributed by atoms with Crippen LogP contribution in [0.15, 0.2) is 72.9 Å². The van der Waals surface area contributed by atoms with Gasteiger partial charge in [-0.15, -0.1) is 0 Å². The summed E-state index contributed by atoms with van der Waals surface area (Å²) in [5, 5.41) is 4.67. The van der Waals surface area contributed by atoms with Crippen molar-refractivity contribution >= 4 is 21.5 Å². The molecule has 0 unspecified atom stereocenters. The van der Waals surface area contributed by atoms with E-state index in [1.165, 1.54) is 28.3 Å². The van der Waals surface area contributed by atoms with E-state index in [1.807, 2.05) is 24.4 Å². The van der Waals surface area contributed by atoms with Gasteiger partial charge in [-0.3, -0.25) is 4.98 Å². The van der Waals surface area contributed by atoms with Gasteiger partial charge in [0, 0.05) is 17.1 Å². The summed E-state index contributed by atoms with van der Waals surface area (Å²) in [6.45, 7) is 0. The molecule has 0 atom stereocenters. The van der Waals surface area contributed by atoms with Crippen LogP contribution in [0.2, 0.25) is 0 Å². The topological polar surface area (TPSA) is 12.9 Å². The van der Waals surface area contributed by atoms with E-state index in [0.717, 1.165) is 16.6 Å². The van der Waals surface area contributed by atoms with E-state index in [2.05, 4.69) is 29.2 Å². The standard InChI is InChI=1S/C19H12FN/c20-15-8-5-14(6-9-15)19-18-10-7-13-3-1-2-4-16(13)17(18)11-12-21-19/h1-12H. The summed E-state index contributed by atoms with van der Waals surface area (Å²) < 4.78 is 13.1. The van der Waals surface area contributed by atoms with Gasteiger partial charge in [0.25, 0.3) is 0 Å². The van der Waals surface area contributed by atoms with Crippen molar-refractivity contribution in [2.24, 2.45) is 0 Å². The van der Waals surface area contributed by atoms with Crippen molar-refractivity contribution in [1.82, 2.24) is 4.98 Å². The molecule has 100 valence electrons. The summed E-state index contributed by atoms with van der Waals surface area (Å²) in [6.07, 6.45) is 1.81. The lowest BCUT2D eigenvalue weighted by Gasteiger charge is -2.08. The van der Waals surface area contributed by atoms with E-state index in [1.54, 1.807) is 12.1 Å².